The van der Waals surface area contributed by atoms with Crippen LogP contribution in [0.25, 0.3) is 0 Å². The van der Waals surface area contributed by atoms with Gasteiger partial charge < -0.3 is 4.74 Å². The molecule has 8 heteroatoms. The summed E-state index contributed by atoms with van der Waals surface area (Å²) in [5.74, 6) is -3.55. The number of ketones is 1. The lowest BCUT2D eigenvalue weighted by Crippen LogP contribution is -2.43. The average molecular weight is 375 g/mol. The SMILES string of the molecule is CC(C)(C)OC(=O)N1CC(F)(F)C[C@H]1C(=O)CCc1cc(Cl)ccn1. The van der Waals surface area contributed by atoms with Crippen LogP contribution in [0.1, 0.15) is 39.3 Å². The number of hydrogen-bond acceptors (Lipinski definition) is 4. The van der Waals surface area contributed by atoms with Crippen LogP contribution in [0.4, 0.5) is 13.6 Å². The average Bonchev–Trinajstić information content (AvgIpc) is 2.79. The topological polar surface area (TPSA) is 59.5 Å². The molecule has 25 heavy (non-hydrogen) atoms. The number of aryl methyl sites for hydroxylation is 1. The number of Topliss-reactive ketones (excluding diaryl/α,β-unsaturated/α-hetero) is 1. The quantitative estimate of drug-likeness (QED) is 0.802. The van der Waals surface area contributed by atoms with E-state index in [9.17, 15) is 18.4 Å². The molecule has 1 aromatic heterocycles. The summed E-state index contributed by atoms with van der Waals surface area (Å²) in [5.41, 5.74) is -0.234. The van der Waals surface area contributed by atoms with Gasteiger partial charge in [0.2, 0.25) is 0 Å². The second-order valence-corrected chi connectivity index (χ2v) is 7.55. The summed E-state index contributed by atoms with van der Waals surface area (Å²) in [4.78, 5) is 29.5. The third-order valence-corrected chi connectivity index (χ3v) is 3.91. The molecular weight excluding hydrogens is 354 g/mol. The van der Waals surface area contributed by atoms with E-state index in [1.165, 1.54) is 6.20 Å². The summed E-state index contributed by atoms with van der Waals surface area (Å²) in [6, 6.07) is 2.03. The summed E-state index contributed by atoms with van der Waals surface area (Å²) in [5, 5.41) is 0.486. The van der Waals surface area contributed by atoms with Crippen LogP contribution in [0.5, 0.6) is 0 Å². The van der Waals surface area contributed by atoms with Crippen LogP contribution >= 0.6 is 11.6 Å². The van der Waals surface area contributed by atoms with Crippen LogP contribution in [-0.4, -0.2) is 45.9 Å². The summed E-state index contributed by atoms with van der Waals surface area (Å²) < 4.78 is 32.7. The number of alkyl halides is 2. The number of likely N-dealkylation sites (tertiary alicyclic amines) is 1. The first-order chi connectivity index (χ1) is 11.5. The summed E-state index contributed by atoms with van der Waals surface area (Å²) in [6.45, 7) is 4.11. The molecule has 1 saturated heterocycles. The third kappa shape index (κ3) is 5.63. The number of pyridine rings is 1. The highest BCUT2D eigenvalue weighted by molar-refractivity contribution is 6.30. The second-order valence-electron chi connectivity index (χ2n) is 7.12. The Labute approximate surface area is 150 Å². The van der Waals surface area contributed by atoms with Crippen LogP contribution in [0.3, 0.4) is 0 Å². The molecule has 0 saturated carbocycles. The minimum absolute atomic E-state index is 0.00656. The van der Waals surface area contributed by atoms with Gasteiger partial charge in [-0.1, -0.05) is 11.6 Å². The van der Waals surface area contributed by atoms with Gasteiger partial charge >= 0.3 is 6.09 Å². The van der Waals surface area contributed by atoms with Crippen molar-refractivity contribution in [3.05, 3.63) is 29.0 Å². The molecule has 1 aliphatic rings. The molecule has 138 valence electrons. The zero-order valence-electron chi connectivity index (χ0n) is 14.4. The van der Waals surface area contributed by atoms with Gasteiger partial charge in [0.1, 0.15) is 5.60 Å². The van der Waals surface area contributed by atoms with E-state index < -0.39 is 42.4 Å². The molecule has 0 N–H and O–H groups in total. The highest BCUT2D eigenvalue weighted by Gasteiger charge is 2.50. The van der Waals surface area contributed by atoms with E-state index in [4.69, 9.17) is 16.3 Å². The Morgan fingerprint density at radius 3 is 2.72 bits per heavy atom. The smallest absolute Gasteiger partial charge is 0.411 e. The number of halogens is 3. The highest BCUT2D eigenvalue weighted by Crippen LogP contribution is 2.34. The van der Waals surface area contributed by atoms with Crippen LogP contribution in [0.15, 0.2) is 18.3 Å². The van der Waals surface area contributed by atoms with Gasteiger partial charge in [-0.25, -0.2) is 13.6 Å². The Balaban J connectivity index is 2.05. The predicted molar refractivity (Wildman–Crippen MR) is 88.9 cm³/mol. The first-order valence-electron chi connectivity index (χ1n) is 7.97. The molecule has 1 amide bonds. The number of rotatable bonds is 4. The van der Waals surface area contributed by atoms with E-state index in [1.54, 1.807) is 32.9 Å². The lowest BCUT2D eigenvalue weighted by atomic mass is 10.0. The molecule has 1 aliphatic heterocycles. The standard InChI is InChI=1S/C17H21ClF2N2O3/c1-16(2,3)25-15(24)22-10-17(19,20)9-13(22)14(23)5-4-12-8-11(18)6-7-21-12/h6-8,13H,4-5,9-10H2,1-3H3/t13-/m0/s1. The van der Waals surface area contributed by atoms with Crippen molar-refractivity contribution in [3.8, 4) is 0 Å². The number of carbonyl (C=O) groups is 2. The van der Waals surface area contributed by atoms with Crippen LogP contribution in [-0.2, 0) is 16.0 Å². The van der Waals surface area contributed by atoms with Gasteiger partial charge in [-0.05, 0) is 39.3 Å². The van der Waals surface area contributed by atoms with Crippen LogP contribution in [0, 0.1) is 0 Å². The van der Waals surface area contributed by atoms with Crippen molar-refractivity contribution in [3.63, 3.8) is 0 Å². The number of nitrogens with zero attached hydrogens (tertiary/aromatic N) is 2. The van der Waals surface area contributed by atoms with Crippen molar-refractivity contribution < 1.29 is 23.1 Å². The molecule has 0 unspecified atom stereocenters. The Morgan fingerprint density at radius 1 is 1.44 bits per heavy atom. The van der Waals surface area contributed by atoms with E-state index in [0.717, 1.165) is 4.90 Å². The maximum absolute atomic E-state index is 13.8. The zero-order chi connectivity index (χ0) is 18.8. The number of amides is 1. The molecule has 0 bridgehead atoms. The minimum Gasteiger partial charge on any atom is -0.444 e. The first-order valence-corrected chi connectivity index (χ1v) is 8.35. The molecule has 0 radical (unpaired) electrons. The van der Waals surface area contributed by atoms with Gasteiger partial charge in [0, 0.05) is 29.8 Å². The third-order valence-electron chi connectivity index (χ3n) is 3.68. The van der Waals surface area contributed by atoms with Gasteiger partial charge in [-0.2, -0.15) is 0 Å². The lowest BCUT2D eigenvalue weighted by molar-refractivity contribution is -0.123. The van der Waals surface area contributed by atoms with Crippen LogP contribution < -0.4 is 0 Å². The summed E-state index contributed by atoms with van der Waals surface area (Å²) >= 11 is 5.86. The Kier molecular flexibility index (Phi) is 5.66. The largest absolute Gasteiger partial charge is 0.444 e. The molecule has 1 fully saturated rings. The Hall–Kier alpha value is -1.76. The van der Waals surface area contributed by atoms with E-state index in [0.29, 0.717) is 10.7 Å². The molecule has 1 atom stereocenters. The van der Waals surface area contributed by atoms with Crippen molar-refractivity contribution in [1.29, 1.82) is 0 Å². The summed E-state index contributed by atoms with van der Waals surface area (Å²) in [6.07, 6.45) is 0.188. The fourth-order valence-electron chi connectivity index (χ4n) is 2.62. The normalized spacial score (nSPS) is 19.8. The second kappa shape index (κ2) is 7.23. The molecule has 0 aromatic carbocycles. The van der Waals surface area contributed by atoms with Gasteiger partial charge in [0.25, 0.3) is 5.92 Å². The zero-order valence-corrected chi connectivity index (χ0v) is 15.1. The molecule has 5 nitrogen and oxygen atoms in total. The maximum atomic E-state index is 13.8. The van der Waals surface area contributed by atoms with Crippen LogP contribution in [0.2, 0.25) is 5.02 Å². The van der Waals surface area contributed by atoms with Crippen molar-refractivity contribution in [2.24, 2.45) is 0 Å². The molecule has 1 aromatic rings. The maximum Gasteiger partial charge on any atom is 0.411 e. The number of carbonyl (C=O) groups excluding carboxylic acids is 2. The molecule has 2 heterocycles. The van der Waals surface area contributed by atoms with Gasteiger partial charge in [0.15, 0.2) is 5.78 Å². The monoisotopic (exact) mass is 374 g/mol. The Morgan fingerprint density at radius 2 is 2.12 bits per heavy atom. The van der Waals surface area contributed by atoms with E-state index >= 15 is 0 Å². The number of aromatic nitrogens is 1. The van der Waals surface area contributed by atoms with Gasteiger partial charge in [-0.15, -0.1) is 0 Å². The molecule has 2 rings (SSSR count). The van der Waals surface area contributed by atoms with Gasteiger partial charge in [0.05, 0.1) is 12.6 Å². The molecule has 0 spiro atoms. The van der Waals surface area contributed by atoms with Crippen molar-refractivity contribution in [2.75, 3.05) is 6.54 Å². The van der Waals surface area contributed by atoms with E-state index in [-0.39, 0.29) is 12.8 Å². The van der Waals surface area contributed by atoms with E-state index in [2.05, 4.69) is 4.98 Å². The first kappa shape index (κ1) is 19.6. The molecule has 0 aliphatic carbocycles. The fraction of sp³-hybridized carbons (Fsp3) is 0.588. The lowest BCUT2D eigenvalue weighted by Gasteiger charge is -2.27. The molecular formula is C17H21ClF2N2O3. The highest BCUT2D eigenvalue weighted by atomic mass is 35.5. The predicted octanol–water partition coefficient (Wildman–Crippen LogP) is 3.88. The van der Waals surface area contributed by atoms with Gasteiger partial charge in [-0.3, -0.25) is 14.7 Å². The Bertz CT molecular complexity index is 662. The van der Waals surface area contributed by atoms with Crippen molar-refractivity contribution in [1.82, 2.24) is 9.88 Å². The minimum atomic E-state index is -3.11. The summed E-state index contributed by atoms with van der Waals surface area (Å²) in [7, 11) is 0. The number of ether oxygens (including phenoxy) is 1. The van der Waals surface area contributed by atoms with Crippen molar-refractivity contribution in [2.45, 2.75) is 57.6 Å². The fourth-order valence-corrected chi connectivity index (χ4v) is 2.80. The van der Waals surface area contributed by atoms with E-state index in [1.807, 2.05) is 0 Å². The van der Waals surface area contributed by atoms with Crippen molar-refractivity contribution >= 4 is 23.5 Å². The number of hydrogen-bond donors (Lipinski definition) is 0.